The Hall–Kier alpha value is -3.16. The van der Waals surface area contributed by atoms with Crippen LogP contribution in [0.2, 0.25) is 0 Å². The number of fused-ring (bicyclic) bond motifs is 1. The molecule has 3 aromatic heterocycles. The molecule has 0 aliphatic carbocycles. The summed E-state index contributed by atoms with van der Waals surface area (Å²) in [5, 5.41) is 0. The fourth-order valence-corrected chi connectivity index (χ4v) is 3.06. The van der Waals surface area contributed by atoms with Crippen LogP contribution in [0.1, 0.15) is 11.3 Å². The summed E-state index contributed by atoms with van der Waals surface area (Å²) in [6.45, 7) is 5.80. The van der Waals surface area contributed by atoms with Gasteiger partial charge in [0.05, 0.1) is 12.2 Å². The van der Waals surface area contributed by atoms with Crippen molar-refractivity contribution < 1.29 is 0 Å². The van der Waals surface area contributed by atoms with Crippen molar-refractivity contribution in [1.29, 1.82) is 0 Å². The largest absolute Gasteiger partial charge is 0.370 e. The molecule has 1 fully saturated rings. The van der Waals surface area contributed by atoms with Gasteiger partial charge in [-0.25, -0.2) is 19.9 Å². The average Bonchev–Trinajstić information content (AvgIpc) is 3.09. The highest BCUT2D eigenvalue weighted by atomic mass is 15.4. The lowest BCUT2D eigenvalue weighted by Crippen LogP contribution is -2.51. The zero-order valence-electron chi connectivity index (χ0n) is 14.8. The zero-order valence-corrected chi connectivity index (χ0v) is 14.8. The Bertz CT molecular complexity index is 909. The second kappa shape index (κ2) is 6.99. The first-order valence-electron chi connectivity index (χ1n) is 8.70. The number of imidazole rings is 1. The van der Waals surface area contributed by atoms with Gasteiger partial charge in [0.15, 0.2) is 5.96 Å². The molecule has 0 unspecified atom stereocenters. The predicted octanol–water partition coefficient (Wildman–Crippen LogP) is 1.07. The van der Waals surface area contributed by atoms with E-state index in [0.29, 0.717) is 12.5 Å². The summed E-state index contributed by atoms with van der Waals surface area (Å²) in [5.41, 5.74) is 9.23. The molecule has 1 aliphatic rings. The number of guanidine groups is 1. The molecular weight excluding hydrogens is 328 g/mol. The van der Waals surface area contributed by atoms with Gasteiger partial charge in [-0.2, -0.15) is 0 Å². The van der Waals surface area contributed by atoms with Crippen molar-refractivity contribution in [3.05, 3.63) is 54.2 Å². The highest BCUT2D eigenvalue weighted by Gasteiger charge is 2.19. The van der Waals surface area contributed by atoms with Crippen molar-refractivity contribution in [2.75, 3.05) is 31.1 Å². The van der Waals surface area contributed by atoms with Crippen LogP contribution in [0.4, 0.5) is 5.95 Å². The second-order valence-corrected chi connectivity index (χ2v) is 6.40. The quantitative estimate of drug-likeness (QED) is 0.561. The summed E-state index contributed by atoms with van der Waals surface area (Å²) in [4.78, 5) is 22.0. The summed E-state index contributed by atoms with van der Waals surface area (Å²) in [7, 11) is 0. The Morgan fingerprint density at radius 2 is 1.96 bits per heavy atom. The lowest BCUT2D eigenvalue weighted by molar-refractivity contribution is 0.378. The summed E-state index contributed by atoms with van der Waals surface area (Å²) < 4.78 is 2.01. The minimum absolute atomic E-state index is 0.481. The molecule has 8 nitrogen and oxygen atoms in total. The first-order chi connectivity index (χ1) is 12.7. The molecule has 0 amide bonds. The van der Waals surface area contributed by atoms with Gasteiger partial charge in [-0.05, 0) is 30.7 Å². The molecule has 4 rings (SSSR count). The number of hydrogen-bond acceptors (Lipinski definition) is 5. The van der Waals surface area contributed by atoms with E-state index in [4.69, 9.17) is 5.73 Å². The molecule has 0 saturated carbocycles. The molecule has 4 heterocycles. The van der Waals surface area contributed by atoms with Crippen molar-refractivity contribution in [2.24, 2.45) is 10.7 Å². The SMILES string of the molecule is Cc1ccn2cc(CN=C(N)N3CCN(c4ncccn4)CC3)nc2c1. The van der Waals surface area contributed by atoms with Gasteiger partial charge in [-0.3, -0.25) is 0 Å². The van der Waals surface area contributed by atoms with Gasteiger partial charge in [-0.1, -0.05) is 0 Å². The maximum Gasteiger partial charge on any atom is 0.225 e. The standard InChI is InChI=1S/C18H22N8/c1-14-3-6-26-13-15(23-16(26)11-14)12-22-17(19)24-7-9-25(10-8-24)18-20-4-2-5-21-18/h2-6,11,13H,7-10,12H2,1H3,(H2,19,22). The maximum atomic E-state index is 6.19. The van der Waals surface area contributed by atoms with E-state index in [2.05, 4.69) is 48.8 Å². The van der Waals surface area contributed by atoms with Crippen molar-refractivity contribution in [1.82, 2.24) is 24.3 Å². The van der Waals surface area contributed by atoms with E-state index in [0.717, 1.165) is 43.5 Å². The van der Waals surface area contributed by atoms with E-state index in [-0.39, 0.29) is 0 Å². The van der Waals surface area contributed by atoms with E-state index in [1.54, 1.807) is 12.4 Å². The van der Waals surface area contributed by atoms with Crippen LogP contribution >= 0.6 is 0 Å². The normalized spacial score (nSPS) is 15.7. The van der Waals surface area contributed by atoms with Crippen LogP contribution in [0.3, 0.4) is 0 Å². The molecule has 1 saturated heterocycles. The van der Waals surface area contributed by atoms with Crippen LogP contribution < -0.4 is 10.6 Å². The lowest BCUT2D eigenvalue weighted by atomic mass is 10.3. The van der Waals surface area contributed by atoms with E-state index < -0.39 is 0 Å². The Labute approximate surface area is 152 Å². The van der Waals surface area contributed by atoms with Crippen molar-refractivity contribution in [2.45, 2.75) is 13.5 Å². The monoisotopic (exact) mass is 350 g/mol. The number of nitrogens with zero attached hydrogens (tertiary/aromatic N) is 7. The number of aromatic nitrogens is 4. The van der Waals surface area contributed by atoms with Gasteiger partial charge in [0.2, 0.25) is 5.95 Å². The first-order valence-corrected chi connectivity index (χ1v) is 8.70. The van der Waals surface area contributed by atoms with Gasteiger partial charge < -0.3 is 19.9 Å². The lowest BCUT2D eigenvalue weighted by Gasteiger charge is -2.35. The van der Waals surface area contributed by atoms with E-state index in [9.17, 15) is 0 Å². The molecule has 2 N–H and O–H groups in total. The van der Waals surface area contributed by atoms with Crippen LogP contribution in [0.15, 0.2) is 48.0 Å². The molecule has 0 spiro atoms. The Balaban J connectivity index is 1.37. The van der Waals surface area contributed by atoms with Gasteiger partial charge in [-0.15, -0.1) is 0 Å². The predicted molar refractivity (Wildman–Crippen MR) is 101 cm³/mol. The topological polar surface area (TPSA) is 87.9 Å². The molecule has 3 aromatic rings. The van der Waals surface area contributed by atoms with Gasteiger partial charge >= 0.3 is 0 Å². The highest BCUT2D eigenvalue weighted by Crippen LogP contribution is 2.11. The van der Waals surface area contributed by atoms with E-state index in [1.807, 2.05) is 22.9 Å². The molecule has 0 atom stereocenters. The number of aliphatic imine (C=N–C) groups is 1. The third-order valence-electron chi connectivity index (χ3n) is 4.51. The molecule has 0 radical (unpaired) electrons. The minimum Gasteiger partial charge on any atom is -0.370 e. The van der Waals surface area contributed by atoms with Gasteiger partial charge in [0.1, 0.15) is 5.65 Å². The fourth-order valence-electron chi connectivity index (χ4n) is 3.06. The number of pyridine rings is 1. The van der Waals surface area contributed by atoms with Gasteiger partial charge in [0.25, 0.3) is 0 Å². The molecule has 0 bridgehead atoms. The smallest absolute Gasteiger partial charge is 0.225 e. The number of nitrogens with two attached hydrogens (primary N) is 1. The maximum absolute atomic E-state index is 6.19. The van der Waals surface area contributed by atoms with Crippen molar-refractivity contribution in [3.8, 4) is 0 Å². The third-order valence-corrected chi connectivity index (χ3v) is 4.51. The zero-order chi connectivity index (χ0) is 17.9. The Morgan fingerprint density at radius 3 is 2.73 bits per heavy atom. The van der Waals surface area contributed by atoms with Crippen LogP contribution in [0, 0.1) is 6.92 Å². The number of anilines is 1. The number of rotatable bonds is 3. The summed E-state index contributed by atoms with van der Waals surface area (Å²) in [5.74, 6) is 1.33. The molecular formula is C18H22N8. The number of hydrogen-bond donors (Lipinski definition) is 1. The molecule has 134 valence electrons. The van der Waals surface area contributed by atoms with Crippen LogP contribution in [0.5, 0.6) is 0 Å². The summed E-state index contributed by atoms with van der Waals surface area (Å²) in [6, 6.07) is 5.94. The fraction of sp³-hybridized carbons (Fsp3) is 0.333. The van der Waals surface area contributed by atoms with E-state index >= 15 is 0 Å². The number of piperazine rings is 1. The van der Waals surface area contributed by atoms with Crippen LogP contribution in [-0.4, -0.2) is 56.4 Å². The minimum atomic E-state index is 0.481. The third kappa shape index (κ3) is 3.44. The molecule has 8 heteroatoms. The molecule has 26 heavy (non-hydrogen) atoms. The van der Waals surface area contributed by atoms with Crippen LogP contribution in [0.25, 0.3) is 5.65 Å². The summed E-state index contributed by atoms with van der Waals surface area (Å²) in [6.07, 6.45) is 7.54. The first kappa shape index (κ1) is 16.3. The highest BCUT2D eigenvalue weighted by molar-refractivity contribution is 5.78. The van der Waals surface area contributed by atoms with Gasteiger partial charge in [0, 0.05) is 51.0 Å². The average molecular weight is 350 g/mol. The van der Waals surface area contributed by atoms with Crippen molar-refractivity contribution in [3.63, 3.8) is 0 Å². The van der Waals surface area contributed by atoms with Crippen LogP contribution in [-0.2, 0) is 6.54 Å². The molecule has 1 aliphatic heterocycles. The Morgan fingerprint density at radius 1 is 1.19 bits per heavy atom. The van der Waals surface area contributed by atoms with E-state index in [1.165, 1.54) is 5.56 Å². The molecule has 0 aromatic carbocycles. The number of aryl methyl sites for hydroxylation is 1. The second-order valence-electron chi connectivity index (χ2n) is 6.40. The summed E-state index contributed by atoms with van der Waals surface area (Å²) >= 11 is 0. The van der Waals surface area contributed by atoms with Crippen molar-refractivity contribution >= 4 is 17.6 Å². The Kier molecular flexibility index (Phi) is 4.39.